The molecule has 0 aromatic carbocycles. The largest absolute Gasteiger partial charge is 0.326 e. The standard InChI is InChI=1S/C14H28N2/c1-13(2)7-9-16(10-8-13)11-5-6-14(3,4)12(11)15/h11-12H,5-10,15H2,1-4H3. The van der Waals surface area contributed by atoms with E-state index >= 15 is 0 Å². The molecule has 1 saturated carbocycles. The Balaban J connectivity index is 1.96. The van der Waals surface area contributed by atoms with Crippen molar-refractivity contribution < 1.29 is 0 Å². The van der Waals surface area contributed by atoms with Crippen molar-refractivity contribution in [2.45, 2.75) is 65.5 Å². The summed E-state index contributed by atoms with van der Waals surface area (Å²) in [5.74, 6) is 0. The van der Waals surface area contributed by atoms with Crippen LogP contribution in [0.1, 0.15) is 53.4 Å². The monoisotopic (exact) mass is 224 g/mol. The maximum Gasteiger partial charge on any atom is 0.0252 e. The van der Waals surface area contributed by atoms with Crippen LogP contribution in [0.5, 0.6) is 0 Å². The van der Waals surface area contributed by atoms with Crippen molar-refractivity contribution in [3.63, 3.8) is 0 Å². The molecule has 0 aromatic rings. The molecule has 0 spiro atoms. The van der Waals surface area contributed by atoms with Crippen LogP contribution in [0.2, 0.25) is 0 Å². The summed E-state index contributed by atoms with van der Waals surface area (Å²) in [6.45, 7) is 11.9. The van der Waals surface area contributed by atoms with Crippen molar-refractivity contribution in [1.82, 2.24) is 4.90 Å². The lowest BCUT2D eigenvalue weighted by molar-refractivity contribution is 0.0821. The highest BCUT2D eigenvalue weighted by atomic mass is 15.2. The average Bonchev–Trinajstić information content (AvgIpc) is 2.44. The molecule has 2 aliphatic rings. The van der Waals surface area contributed by atoms with Gasteiger partial charge in [0.15, 0.2) is 0 Å². The van der Waals surface area contributed by atoms with Gasteiger partial charge >= 0.3 is 0 Å². The SMILES string of the molecule is CC1(C)CCN(C2CCC(C)(C)C2N)CC1. The first-order chi connectivity index (χ1) is 7.32. The molecule has 2 nitrogen and oxygen atoms in total. The third kappa shape index (κ3) is 2.28. The van der Waals surface area contributed by atoms with Gasteiger partial charge in [0, 0.05) is 12.1 Å². The molecular formula is C14H28N2. The van der Waals surface area contributed by atoms with Crippen molar-refractivity contribution in [3.05, 3.63) is 0 Å². The molecule has 0 bridgehead atoms. The summed E-state index contributed by atoms with van der Waals surface area (Å²) in [5, 5.41) is 0. The van der Waals surface area contributed by atoms with Crippen LogP contribution in [-0.4, -0.2) is 30.1 Å². The van der Waals surface area contributed by atoms with Crippen LogP contribution in [-0.2, 0) is 0 Å². The Morgan fingerprint density at radius 2 is 1.56 bits per heavy atom. The van der Waals surface area contributed by atoms with Gasteiger partial charge in [-0.2, -0.15) is 0 Å². The summed E-state index contributed by atoms with van der Waals surface area (Å²) in [5.41, 5.74) is 7.31. The maximum absolute atomic E-state index is 6.41. The summed E-state index contributed by atoms with van der Waals surface area (Å²) in [4.78, 5) is 2.66. The summed E-state index contributed by atoms with van der Waals surface area (Å²) in [7, 11) is 0. The van der Waals surface area contributed by atoms with Gasteiger partial charge in [-0.3, -0.25) is 4.90 Å². The second-order valence-electron chi connectivity index (χ2n) is 7.32. The van der Waals surface area contributed by atoms with E-state index in [4.69, 9.17) is 5.73 Å². The van der Waals surface area contributed by atoms with E-state index in [0.29, 0.717) is 22.9 Å². The lowest BCUT2D eigenvalue weighted by Crippen LogP contribution is -2.52. The summed E-state index contributed by atoms with van der Waals surface area (Å²) in [6.07, 6.45) is 5.25. The highest BCUT2D eigenvalue weighted by molar-refractivity contribution is 5.00. The Kier molecular flexibility index (Phi) is 3.09. The number of hydrogen-bond donors (Lipinski definition) is 1. The second kappa shape index (κ2) is 3.99. The quantitative estimate of drug-likeness (QED) is 0.742. The molecule has 0 aromatic heterocycles. The Morgan fingerprint density at radius 1 is 1.00 bits per heavy atom. The minimum Gasteiger partial charge on any atom is -0.326 e. The summed E-state index contributed by atoms with van der Waals surface area (Å²) < 4.78 is 0. The van der Waals surface area contributed by atoms with E-state index in [1.165, 1.54) is 38.8 Å². The predicted molar refractivity (Wildman–Crippen MR) is 69.4 cm³/mol. The fraction of sp³-hybridized carbons (Fsp3) is 1.00. The van der Waals surface area contributed by atoms with Crippen molar-refractivity contribution >= 4 is 0 Å². The molecular weight excluding hydrogens is 196 g/mol. The normalized spacial score (nSPS) is 38.8. The fourth-order valence-corrected chi connectivity index (χ4v) is 3.26. The summed E-state index contributed by atoms with van der Waals surface area (Å²) in [6, 6.07) is 1.01. The molecule has 2 heteroatoms. The average molecular weight is 224 g/mol. The zero-order valence-electron chi connectivity index (χ0n) is 11.4. The zero-order valence-corrected chi connectivity index (χ0v) is 11.4. The Morgan fingerprint density at radius 3 is 2.00 bits per heavy atom. The van der Waals surface area contributed by atoms with Crippen LogP contribution in [0, 0.1) is 10.8 Å². The number of rotatable bonds is 1. The van der Waals surface area contributed by atoms with Crippen LogP contribution < -0.4 is 5.73 Å². The van der Waals surface area contributed by atoms with E-state index in [1.54, 1.807) is 0 Å². The third-order valence-electron chi connectivity index (χ3n) is 5.02. The van der Waals surface area contributed by atoms with Crippen LogP contribution in [0.25, 0.3) is 0 Å². The number of nitrogens with two attached hydrogens (primary N) is 1. The van der Waals surface area contributed by atoms with E-state index in [2.05, 4.69) is 32.6 Å². The van der Waals surface area contributed by atoms with Gasteiger partial charge in [0.25, 0.3) is 0 Å². The number of piperidine rings is 1. The Hall–Kier alpha value is -0.0800. The third-order valence-corrected chi connectivity index (χ3v) is 5.02. The topological polar surface area (TPSA) is 29.3 Å². The molecule has 1 aliphatic carbocycles. The van der Waals surface area contributed by atoms with Gasteiger partial charge in [-0.05, 0) is 49.6 Å². The van der Waals surface area contributed by atoms with Crippen LogP contribution in [0.15, 0.2) is 0 Å². The van der Waals surface area contributed by atoms with Crippen LogP contribution in [0.4, 0.5) is 0 Å². The van der Waals surface area contributed by atoms with Crippen LogP contribution in [0.3, 0.4) is 0 Å². The molecule has 2 fully saturated rings. The molecule has 0 amide bonds. The molecule has 0 radical (unpaired) electrons. The molecule has 2 N–H and O–H groups in total. The van der Waals surface area contributed by atoms with E-state index < -0.39 is 0 Å². The molecule has 16 heavy (non-hydrogen) atoms. The van der Waals surface area contributed by atoms with Crippen LogP contribution >= 0.6 is 0 Å². The molecule has 1 aliphatic heterocycles. The highest BCUT2D eigenvalue weighted by Gasteiger charge is 2.43. The first kappa shape index (κ1) is 12.4. The predicted octanol–water partition coefficient (Wildman–Crippen LogP) is 2.62. The fourth-order valence-electron chi connectivity index (χ4n) is 3.26. The van der Waals surface area contributed by atoms with Gasteiger partial charge in [0.1, 0.15) is 0 Å². The van der Waals surface area contributed by atoms with E-state index in [-0.39, 0.29) is 0 Å². The first-order valence-electron chi connectivity index (χ1n) is 6.81. The van der Waals surface area contributed by atoms with Gasteiger partial charge < -0.3 is 5.73 Å². The van der Waals surface area contributed by atoms with E-state index in [0.717, 1.165) is 0 Å². The lowest BCUT2D eigenvalue weighted by atomic mass is 9.81. The van der Waals surface area contributed by atoms with Gasteiger partial charge in [-0.15, -0.1) is 0 Å². The zero-order chi connectivity index (χ0) is 12.0. The molecule has 94 valence electrons. The van der Waals surface area contributed by atoms with Gasteiger partial charge in [-0.1, -0.05) is 27.7 Å². The van der Waals surface area contributed by atoms with Gasteiger partial charge in [0.05, 0.1) is 0 Å². The molecule has 2 unspecified atom stereocenters. The number of hydrogen-bond acceptors (Lipinski definition) is 2. The molecule has 2 atom stereocenters. The van der Waals surface area contributed by atoms with E-state index in [9.17, 15) is 0 Å². The minimum atomic E-state index is 0.345. The number of nitrogens with zero attached hydrogens (tertiary/aromatic N) is 1. The van der Waals surface area contributed by atoms with Crippen molar-refractivity contribution in [2.75, 3.05) is 13.1 Å². The summed E-state index contributed by atoms with van der Waals surface area (Å²) >= 11 is 0. The van der Waals surface area contributed by atoms with Crippen molar-refractivity contribution in [1.29, 1.82) is 0 Å². The minimum absolute atomic E-state index is 0.345. The lowest BCUT2D eigenvalue weighted by Gasteiger charge is -2.42. The maximum atomic E-state index is 6.41. The van der Waals surface area contributed by atoms with Gasteiger partial charge in [-0.25, -0.2) is 0 Å². The Bertz CT molecular complexity index is 247. The first-order valence-corrected chi connectivity index (χ1v) is 6.81. The van der Waals surface area contributed by atoms with Crippen molar-refractivity contribution in [3.8, 4) is 0 Å². The van der Waals surface area contributed by atoms with E-state index in [1.807, 2.05) is 0 Å². The molecule has 2 rings (SSSR count). The smallest absolute Gasteiger partial charge is 0.0252 e. The van der Waals surface area contributed by atoms with Gasteiger partial charge in [0.2, 0.25) is 0 Å². The second-order valence-corrected chi connectivity index (χ2v) is 7.32. The molecule has 1 heterocycles. The number of likely N-dealkylation sites (tertiary alicyclic amines) is 1. The van der Waals surface area contributed by atoms with Crippen molar-refractivity contribution in [2.24, 2.45) is 16.6 Å². The Labute approximate surface area is 101 Å². The highest BCUT2D eigenvalue weighted by Crippen LogP contribution is 2.40. The molecule has 1 saturated heterocycles.